The highest BCUT2D eigenvalue weighted by atomic mass is 35.5. The molecule has 1 aromatic carbocycles. The highest BCUT2D eigenvalue weighted by Crippen LogP contribution is 2.35. The molecule has 1 fully saturated rings. The van der Waals surface area contributed by atoms with Gasteiger partial charge in [-0.3, -0.25) is 9.69 Å². The van der Waals surface area contributed by atoms with E-state index in [1.165, 1.54) is 12.8 Å². The number of para-hydroxylation sites is 1. The van der Waals surface area contributed by atoms with Gasteiger partial charge in [-0.25, -0.2) is 0 Å². The topological polar surface area (TPSA) is 76.8 Å². The Hall–Kier alpha value is -1.50. The number of halogens is 1. The molecule has 1 saturated heterocycles. The Balaban J connectivity index is 0.00000225. The van der Waals surface area contributed by atoms with Gasteiger partial charge >= 0.3 is 0 Å². The van der Waals surface area contributed by atoms with Crippen molar-refractivity contribution in [3.8, 4) is 11.5 Å². The summed E-state index contributed by atoms with van der Waals surface area (Å²) >= 11 is 0. The lowest BCUT2D eigenvalue weighted by molar-refractivity contribution is -0.121. The number of piperidine rings is 1. The number of nitrogens with two attached hydrogens (primary N) is 1. The van der Waals surface area contributed by atoms with Crippen LogP contribution in [0.5, 0.6) is 11.5 Å². The number of nitrogens with one attached hydrogen (secondary N) is 1. The predicted octanol–water partition coefficient (Wildman–Crippen LogP) is 1.70. The smallest absolute Gasteiger partial charge is 0.221 e. The summed E-state index contributed by atoms with van der Waals surface area (Å²) in [5.41, 5.74) is 6.60. The summed E-state index contributed by atoms with van der Waals surface area (Å²) in [5.74, 6) is 1.75. The molecule has 140 valence electrons. The molecule has 2 heterocycles. The van der Waals surface area contributed by atoms with Gasteiger partial charge < -0.3 is 20.5 Å². The van der Waals surface area contributed by atoms with E-state index in [0.29, 0.717) is 38.8 Å². The second kappa shape index (κ2) is 9.85. The van der Waals surface area contributed by atoms with Crippen molar-refractivity contribution in [1.82, 2.24) is 10.2 Å². The zero-order chi connectivity index (χ0) is 16.8. The van der Waals surface area contributed by atoms with Gasteiger partial charge in [0.2, 0.25) is 5.91 Å². The molecule has 2 aliphatic rings. The molecule has 7 heteroatoms. The lowest BCUT2D eigenvalue weighted by Crippen LogP contribution is -2.46. The van der Waals surface area contributed by atoms with Crippen molar-refractivity contribution in [2.75, 3.05) is 32.8 Å². The fourth-order valence-electron chi connectivity index (χ4n) is 3.43. The van der Waals surface area contributed by atoms with E-state index in [0.717, 1.165) is 36.6 Å². The van der Waals surface area contributed by atoms with Crippen LogP contribution >= 0.6 is 12.4 Å². The van der Waals surface area contributed by atoms with Gasteiger partial charge in [-0.15, -0.1) is 12.4 Å². The molecule has 3 N–H and O–H groups in total. The van der Waals surface area contributed by atoms with Crippen LogP contribution < -0.4 is 20.5 Å². The molecule has 25 heavy (non-hydrogen) atoms. The van der Waals surface area contributed by atoms with E-state index in [1.54, 1.807) is 0 Å². The monoisotopic (exact) mass is 369 g/mol. The summed E-state index contributed by atoms with van der Waals surface area (Å²) in [7, 11) is 0. The van der Waals surface area contributed by atoms with Gasteiger partial charge in [-0.05, 0) is 25.5 Å². The van der Waals surface area contributed by atoms with Gasteiger partial charge in [0.1, 0.15) is 13.2 Å². The summed E-state index contributed by atoms with van der Waals surface area (Å²) in [6.45, 7) is 4.16. The molecule has 2 aliphatic heterocycles. The summed E-state index contributed by atoms with van der Waals surface area (Å²) in [6, 6.07) is 6.44. The number of hydrogen-bond acceptors (Lipinski definition) is 5. The Morgan fingerprint density at radius 2 is 2.12 bits per heavy atom. The van der Waals surface area contributed by atoms with Crippen molar-refractivity contribution in [3.63, 3.8) is 0 Å². The Bertz CT molecular complexity index is 570. The first-order valence-electron chi connectivity index (χ1n) is 8.86. The molecule has 0 spiro atoms. The van der Waals surface area contributed by atoms with Crippen molar-refractivity contribution >= 4 is 18.3 Å². The fraction of sp³-hybridized carbons (Fsp3) is 0.611. The maximum absolute atomic E-state index is 11.7. The molecule has 1 amide bonds. The number of benzene rings is 1. The standard InChI is InChI=1S/C18H27N3O3.ClH/c19-8-7-17(22)20-12-15-5-1-2-9-21(15)13-14-4-3-6-16-18(14)24-11-10-23-16;/h3-4,6,15H,1-2,5,7-13,19H2,(H,20,22);1H. The first-order valence-corrected chi connectivity index (χ1v) is 8.86. The number of nitrogens with zero attached hydrogens (tertiary/aromatic N) is 1. The number of rotatable bonds is 6. The second-order valence-corrected chi connectivity index (χ2v) is 6.40. The van der Waals surface area contributed by atoms with E-state index in [1.807, 2.05) is 12.1 Å². The van der Waals surface area contributed by atoms with E-state index >= 15 is 0 Å². The third-order valence-corrected chi connectivity index (χ3v) is 4.68. The van der Waals surface area contributed by atoms with Gasteiger partial charge in [-0.2, -0.15) is 0 Å². The average Bonchev–Trinajstić information content (AvgIpc) is 2.61. The molecule has 0 aromatic heterocycles. The minimum Gasteiger partial charge on any atom is -0.486 e. The number of amides is 1. The minimum absolute atomic E-state index is 0. The quantitative estimate of drug-likeness (QED) is 0.798. The van der Waals surface area contributed by atoms with Gasteiger partial charge in [-0.1, -0.05) is 18.6 Å². The van der Waals surface area contributed by atoms with Crippen LogP contribution in [0.15, 0.2) is 18.2 Å². The molecule has 0 radical (unpaired) electrons. The SMILES string of the molecule is Cl.NCCC(=O)NCC1CCCCN1Cc1cccc2c1OCCO2. The highest BCUT2D eigenvalue weighted by Gasteiger charge is 2.25. The Morgan fingerprint density at radius 1 is 1.28 bits per heavy atom. The molecule has 1 atom stereocenters. The number of hydrogen-bond donors (Lipinski definition) is 2. The van der Waals surface area contributed by atoms with E-state index < -0.39 is 0 Å². The van der Waals surface area contributed by atoms with Crippen LogP contribution in [-0.4, -0.2) is 49.7 Å². The molecule has 0 saturated carbocycles. The third-order valence-electron chi connectivity index (χ3n) is 4.68. The zero-order valence-electron chi connectivity index (χ0n) is 14.5. The van der Waals surface area contributed by atoms with Crippen molar-refractivity contribution in [3.05, 3.63) is 23.8 Å². The number of carbonyl (C=O) groups excluding carboxylic acids is 1. The third kappa shape index (κ3) is 5.23. The first kappa shape index (κ1) is 19.8. The first-order chi connectivity index (χ1) is 11.8. The van der Waals surface area contributed by atoms with Crippen LogP contribution in [0.25, 0.3) is 0 Å². The number of ether oxygens (including phenoxy) is 2. The number of likely N-dealkylation sites (tertiary alicyclic amines) is 1. The summed E-state index contributed by atoms with van der Waals surface area (Å²) in [4.78, 5) is 14.1. The zero-order valence-corrected chi connectivity index (χ0v) is 15.4. The van der Waals surface area contributed by atoms with Crippen LogP contribution in [0.2, 0.25) is 0 Å². The van der Waals surface area contributed by atoms with Crippen molar-refractivity contribution < 1.29 is 14.3 Å². The van der Waals surface area contributed by atoms with Crippen molar-refractivity contribution in [2.45, 2.75) is 38.3 Å². The largest absolute Gasteiger partial charge is 0.486 e. The van der Waals surface area contributed by atoms with Crippen LogP contribution in [-0.2, 0) is 11.3 Å². The van der Waals surface area contributed by atoms with Gasteiger partial charge in [0, 0.05) is 37.7 Å². The molecule has 0 bridgehead atoms. The van der Waals surface area contributed by atoms with Crippen molar-refractivity contribution in [2.24, 2.45) is 5.73 Å². The predicted molar refractivity (Wildman–Crippen MR) is 99.4 cm³/mol. The van der Waals surface area contributed by atoms with E-state index in [-0.39, 0.29) is 18.3 Å². The van der Waals surface area contributed by atoms with Gasteiger partial charge in [0.15, 0.2) is 11.5 Å². The van der Waals surface area contributed by atoms with Crippen LogP contribution in [0.4, 0.5) is 0 Å². The number of fused-ring (bicyclic) bond motifs is 1. The van der Waals surface area contributed by atoms with E-state index in [4.69, 9.17) is 15.2 Å². The highest BCUT2D eigenvalue weighted by molar-refractivity contribution is 5.85. The molecular weight excluding hydrogens is 342 g/mol. The van der Waals surface area contributed by atoms with E-state index in [9.17, 15) is 4.79 Å². The Kier molecular flexibility index (Phi) is 7.81. The Morgan fingerprint density at radius 3 is 2.96 bits per heavy atom. The number of carbonyl (C=O) groups is 1. The van der Waals surface area contributed by atoms with E-state index in [2.05, 4.69) is 16.3 Å². The minimum atomic E-state index is 0. The van der Waals surface area contributed by atoms with Crippen LogP contribution in [0.3, 0.4) is 0 Å². The summed E-state index contributed by atoms with van der Waals surface area (Å²) in [5, 5.41) is 3.01. The Labute approximate surface area is 155 Å². The fourth-order valence-corrected chi connectivity index (χ4v) is 3.43. The van der Waals surface area contributed by atoms with Gasteiger partial charge in [0.05, 0.1) is 0 Å². The molecule has 1 aromatic rings. The lowest BCUT2D eigenvalue weighted by Gasteiger charge is -2.36. The molecule has 3 rings (SSSR count). The summed E-state index contributed by atoms with van der Waals surface area (Å²) in [6.07, 6.45) is 3.90. The molecule has 0 aliphatic carbocycles. The maximum Gasteiger partial charge on any atom is 0.221 e. The molecular formula is C18H28ClN3O3. The summed E-state index contributed by atoms with van der Waals surface area (Å²) < 4.78 is 11.5. The normalized spacial score (nSPS) is 19.8. The molecule has 1 unspecified atom stereocenters. The average molecular weight is 370 g/mol. The van der Waals surface area contributed by atoms with Crippen molar-refractivity contribution in [1.29, 1.82) is 0 Å². The van der Waals surface area contributed by atoms with Crippen LogP contribution in [0.1, 0.15) is 31.2 Å². The maximum atomic E-state index is 11.7. The lowest BCUT2D eigenvalue weighted by atomic mass is 10.0. The second-order valence-electron chi connectivity index (χ2n) is 6.40. The molecule has 6 nitrogen and oxygen atoms in total. The van der Waals surface area contributed by atoms with Gasteiger partial charge in [0.25, 0.3) is 0 Å². The van der Waals surface area contributed by atoms with Crippen LogP contribution in [0, 0.1) is 0 Å².